The number of nitrogens with two attached hydrogens (primary N) is 1. The Bertz CT molecular complexity index is 248. The molecule has 13 heavy (non-hydrogen) atoms. The van der Waals surface area contributed by atoms with E-state index in [-0.39, 0.29) is 6.10 Å². The van der Waals surface area contributed by atoms with Gasteiger partial charge in [-0.25, -0.2) is 0 Å². The highest BCUT2D eigenvalue weighted by molar-refractivity contribution is 9.10. The van der Waals surface area contributed by atoms with E-state index >= 15 is 0 Å². The zero-order valence-electron chi connectivity index (χ0n) is 7.66. The maximum absolute atomic E-state index is 5.61. The normalized spacial score (nSPS) is 12.5. The summed E-state index contributed by atoms with van der Waals surface area (Å²) in [5.74, 6) is 0.893. The van der Waals surface area contributed by atoms with Gasteiger partial charge in [0.1, 0.15) is 5.75 Å². The van der Waals surface area contributed by atoms with Crippen LogP contribution in [0.2, 0.25) is 0 Å². The minimum atomic E-state index is 0.186. The summed E-state index contributed by atoms with van der Waals surface area (Å²) in [6, 6.07) is 7.81. The van der Waals surface area contributed by atoms with Crippen molar-refractivity contribution in [2.24, 2.45) is 5.73 Å². The summed E-state index contributed by atoms with van der Waals surface area (Å²) in [5, 5.41) is 0. The number of hydrogen-bond acceptors (Lipinski definition) is 2. The molecule has 1 atom stereocenters. The van der Waals surface area contributed by atoms with Crippen molar-refractivity contribution in [3.05, 3.63) is 28.7 Å². The van der Waals surface area contributed by atoms with Crippen molar-refractivity contribution >= 4 is 15.9 Å². The van der Waals surface area contributed by atoms with Crippen LogP contribution in [0.25, 0.3) is 0 Å². The Morgan fingerprint density at radius 3 is 2.54 bits per heavy atom. The van der Waals surface area contributed by atoms with Crippen LogP contribution < -0.4 is 10.5 Å². The topological polar surface area (TPSA) is 35.2 Å². The first-order chi connectivity index (χ1) is 6.22. The van der Waals surface area contributed by atoms with Gasteiger partial charge in [-0.3, -0.25) is 0 Å². The summed E-state index contributed by atoms with van der Waals surface area (Å²) in [6.45, 7) is 2.69. The standard InChI is InChI=1S/C10H14BrNO/c1-8(6-7-12)13-10-4-2-9(11)3-5-10/h2-5,8H,6-7,12H2,1H3. The smallest absolute Gasteiger partial charge is 0.119 e. The fourth-order valence-corrected chi connectivity index (χ4v) is 1.30. The first-order valence-electron chi connectivity index (χ1n) is 4.34. The van der Waals surface area contributed by atoms with Gasteiger partial charge in [0.2, 0.25) is 0 Å². The van der Waals surface area contributed by atoms with Gasteiger partial charge < -0.3 is 10.5 Å². The van der Waals surface area contributed by atoms with Crippen molar-refractivity contribution in [2.45, 2.75) is 19.4 Å². The monoisotopic (exact) mass is 243 g/mol. The van der Waals surface area contributed by atoms with E-state index in [4.69, 9.17) is 10.5 Å². The Morgan fingerprint density at radius 2 is 2.00 bits per heavy atom. The highest BCUT2D eigenvalue weighted by atomic mass is 79.9. The lowest BCUT2D eigenvalue weighted by atomic mass is 10.3. The van der Waals surface area contributed by atoms with Gasteiger partial charge in [-0.1, -0.05) is 15.9 Å². The van der Waals surface area contributed by atoms with E-state index in [2.05, 4.69) is 15.9 Å². The van der Waals surface area contributed by atoms with Crippen molar-refractivity contribution in [3.63, 3.8) is 0 Å². The zero-order chi connectivity index (χ0) is 9.68. The molecule has 0 fully saturated rings. The van der Waals surface area contributed by atoms with Crippen molar-refractivity contribution in [2.75, 3.05) is 6.54 Å². The first kappa shape index (κ1) is 10.5. The second kappa shape index (κ2) is 5.25. The molecule has 0 aromatic heterocycles. The second-order valence-corrected chi connectivity index (χ2v) is 3.88. The van der Waals surface area contributed by atoms with E-state index in [1.807, 2.05) is 31.2 Å². The summed E-state index contributed by atoms with van der Waals surface area (Å²) in [4.78, 5) is 0. The largest absolute Gasteiger partial charge is 0.491 e. The fourth-order valence-electron chi connectivity index (χ4n) is 1.04. The fraction of sp³-hybridized carbons (Fsp3) is 0.400. The van der Waals surface area contributed by atoms with Crippen LogP contribution in [0.4, 0.5) is 0 Å². The molecule has 0 heterocycles. The van der Waals surface area contributed by atoms with Gasteiger partial charge in [-0.05, 0) is 44.2 Å². The Hall–Kier alpha value is -0.540. The average molecular weight is 244 g/mol. The highest BCUT2D eigenvalue weighted by Crippen LogP contribution is 2.17. The second-order valence-electron chi connectivity index (χ2n) is 2.96. The Labute approximate surface area is 87.2 Å². The maximum Gasteiger partial charge on any atom is 0.119 e. The van der Waals surface area contributed by atoms with E-state index in [1.54, 1.807) is 0 Å². The lowest BCUT2D eigenvalue weighted by Gasteiger charge is -2.13. The molecule has 2 N–H and O–H groups in total. The van der Waals surface area contributed by atoms with Crippen LogP contribution in [0, 0.1) is 0 Å². The molecule has 0 radical (unpaired) electrons. The average Bonchev–Trinajstić information content (AvgIpc) is 2.09. The predicted molar refractivity (Wildman–Crippen MR) is 57.9 cm³/mol. The summed E-state index contributed by atoms with van der Waals surface area (Å²) in [7, 11) is 0. The van der Waals surface area contributed by atoms with Gasteiger partial charge in [-0.2, -0.15) is 0 Å². The minimum Gasteiger partial charge on any atom is -0.491 e. The predicted octanol–water partition coefficient (Wildman–Crippen LogP) is 2.57. The molecule has 0 amide bonds. The molecule has 0 saturated carbocycles. The summed E-state index contributed by atoms with van der Waals surface area (Å²) < 4.78 is 6.67. The van der Waals surface area contributed by atoms with Crippen molar-refractivity contribution in [1.29, 1.82) is 0 Å². The molecule has 1 rings (SSSR count). The molecule has 0 aliphatic carbocycles. The third kappa shape index (κ3) is 3.79. The van der Waals surface area contributed by atoms with Crippen LogP contribution in [-0.4, -0.2) is 12.6 Å². The Morgan fingerprint density at radius 1 is 1.38 bits per heavy atom. The highest BCUT2D eigenvalue weighted by Gasteiger charge is 2.01. The molecule has 0 saturated heterocycles. The lowest BCUT2D eigenvalue weighted by Crippen LogP contribution is -2.16. The summed E-state index contributed by atoms with van der Waals surface area (Å²) in [5.41, 5.74) is 5.42. The van der Waals surface area contributed by atoms with Gasteiger partial charge in [0.15, 0.2) is 0 Å². The summed E-state index contributed by atoms with van der Waals surface area (Å²) in [6.07, 6.45) is 1.07. The molecule has 0 bridgehead atoms. The SMILES string of the molecule is CC(CCN)Oc1ccc(Br)cc1. The molecule has 3 heteroatoms. The van der Waals surface area contributed by atoms with Crippen LogP contribution in [0.15, 0.2) is 28.7 Å². The molecule has 72 valence electrons. The quantitative estimate of drug-likeness (QED) is 0.883. The Kier molecular flexibility index (Phi) is 4.25. The number of ether oxygens (including phenoxy) is 1. The van der Waals surface area contributed by atoms with Crippen LogP contribution >= 0.6 is 15.9 Å². The number of rotatable bonds is 4. The van der Waals surface area contributed by atoms with E-state index in [0.717, 1.165) is 16.6 Å². The number of hydrogen-bond donors (Lipinski definition) is 1. The van der Waals surface area contributed by atoms with Crippen LogP contribution in [0.5, 0.6) is 5.75 Å². The Balaban J connectivity index is 2.49. The zero-order valence-corrected chi connectivity index (χ0v) is 9.25. The third-order valence-corrected chi connectivity index (χ3v) is 2.25. The molecule has 1 aromatic carbocycles. The minimum absolute atomic E-state index is 0.186. The maximum atomic E-state index is 5.61. The van der Waals surface area contributed by atoms with Crippen LogP contribution in [0.3, 0.4) is 0 Å². The van der Waals surface area contributed by atoms with Crippen LogP contribution in [0.1, 0.15) is 13.3 Å². The van der Waals surface area contributed by atoms with Crippen molar-refractivity contribution in [1.82, 2.24) is 0 Å². The van der Waals surface area contributed by atoms with Crippen molar-refractivity contribution in [3.8, 4) is 5.75 Å². The molecule has 0 spiro atoms. The van der Waals surface area contributed by atoms with Gasteiger partial charge in [0.05, 0.1) is 6.10 Å². The van der Waals surface area contributed by atoms with Gasteiger partial charge in [-0.15, -0.1) is 0 Å². The van der Waals surface area contributed by atoms with Gasteiger partial charge >= 0.3 is 0 Å². The van der Waals surface area contributed by atoms with E-state index in [1.165, 1.54) is 0 Å². The molecule has 0 aliphatic rings. The van der Waals surface area contributed by atoms with Gasteiger partial charge in [0.25, 0.3) is 0 Å². The molecule has 2 nitrogen and oxygen atoms in total. The molecular formula is C10H14BrNO. The van der Waals surface area contributed by atoms with Crippen LogP contribution in [-0.2, 0) is 0 Å². The van der Waals surface area contributed by atoms with Gasteiger partial charge in [0, 0.05) is 4.47 Å². The summed E-state index contributed by atoms with van der Waals surface area (Å²) >= 11 is 3.37. The number of halogens is 1. The number of benzene rings is 1. The van der Waals surface area contributed by atoms with E-state index in [0.29, 0.717) is 6.54 Å². The first-order valence-corrected chi connectivity index (χ1v) is 5.14. The van der Waals surface area contributed by atoms with E-state index in [9.17, 15) is 0 Å². The van der Waals surface area contributed by atoms with E-state index < -0.39 is 0 Å². The van der Waals surface area contributed by atoms with Crippen molar-refractivity contribution < 1.29 is 4.74 Å². The molecular weight excluding hydrogens is 230 g/mol. The molecule has 1 aromatic rings. The molecule has 1 unspecified atom stereocenters. The molecule has 0 aliphatic heterocycles. The lowest BCUT2D eigenvalue weighted by molar-refractivity contribution is 0.214. The third-order valence-electron chi connectivity index (χ3n) is 1.72.